The van der Waals surface area contributed by atoms with Gasteiger partial charge in [0.25, 0.3) is 5.91 Å². The summed E-state index contributed by atoms with van der Waals surface area (Å²) in [4.78, 5) is 36.6. The molecule has 0 aromatic heterocycles. The maximum absolute atomic E-state index is 12.6. The second-order valence-electron chi connectivity index (χ2n) is 5.51. The van der Waals surface area contributed by atoms with Gasteiger partial charge in [-0.15, -0.1) is 11.8 Å². The highest BCUT2D eigenvalue weighted by molar-refractivity contribution is 8.00. The van der Waals surface area contributed by atoms with Gasteiger partial charge in [-0.25, -0.2) is 0 Å². The molecule has 2 aromatic rings. The molecule has 3 rings (SSSR count). The molecule has 1 aliphatic heterocycles. The Hall–Kier alpha value is -2.80. The topological polar surface area (TPSA) is 87.3 Å². The number of hydrogen-bond acceptors (Lipinski definition) is 4. The van der Waals surface area contributed by atoms with Crippen LogP contribution in [0.4, 0.5) is 11.4 Å². The van der Waals surface area contributed by atoms with Crippen LogP contribution in [0.3, 0.4) is 0 Å². The fourth-order valence-electron chi connectivity index (χ4n) is 2.48. The predicted octanol–water partition coefficient (Wildman–Crippen LogP) is 2.27. The minimum Gasteiger partial charge on any atom is -0.359 e. The molecule has 1 aliphatic rings. The lowest BCUT2D eigenvalue weighted by Gasteiger charge is -2.17. The van der Waals surface area contributed by atoms with Gasteiger partial charge in [-0.3, -0.25) is 14.4 Å². The van der Waals surface area contributed by atoms with Crippen LogP contribution in [0.1, 0.15) is 15.9 Å². The first-order valence-electron chi connectivity index (χ1n) is 7.73. The number of carbonyl (C=O) groups excluding carboxylic acids is 3. The number of rotatable bonds is 4. The van der Waals surface area contributed by atoms with E-state index >= 15 is 0 Å². The lowest BCUT2D eigenvalue weighted by Crippen LogP contribution is -2.22. The lowest BCUT2D eigenvalue weighted by atomic mass is 10.1. The summed E-state index contributed by atoms with van der Waals surface area (Å²) >= 11 is 1.44. The Morgan fingerprint density at radius 3 is 2.80 bits per heavy atom. The van der Waals surface area contributed by atoms with Gasteiger partial charge in [0.2, 0.25) is 11.8 Å². The smallest absolute Gasteiger partial charge is 0.255 e. The normalized spacial score (nSPS) is 12.8. The molecule has 128 valence electrons. The van der Waals surface area contributed by atoms with Crippen LogP contribution in [0.15, 0.2) is 47.4 Å². The summed E-state index contributed by atoms with van der Waals surface area (Å²) in [6.45, 7) is 0. The molecule has 0 spiro atoms. The van der Waals surface area contributed by atoms with Gasteiger partial charge in [0.1, 0.15) is 0 Å². The molecule has 0 atom stereocenters. The summed E-state index contributed by atoms with van der Waals surface area (Å²) in [5.74, 6) is -0.121. The Morgan fingerprint density at radius 2 is 2.00 bits per heavy atom. The molecule has 7 heteroatoms. The first-order chi connectivity index (χ1) is 12.1. The number of benzene rings is 2. The van der Waals surface area contributed by atoms with Gasteiger partial charge in [0.15, 0.2) is 0 Å². The van der Waals surface area contributed by atoms with Crippen LogP contribution >= 0.6 is 11.8 Å². The van der Waals surface area contributed by atoms with Crippen molar-refractivity contribution in [2.24, 2.45) is 0 Å². The highest BCUT2D eigenvalue weighted by Crippen LogP contribution is 2.32. The van der Waals surface area contributed by atoms with E-state index in [1.807, 2.05) is 12.1 Å². The number of amides is 3. The van der Waals surface area contributed by atoms with Crippen molar-refractivity contribution in [2.75, 3.05) is 23.4 Å². The van der Waals surface area contributed by atoms with Crippen molar-refractivity contribution in [3.05, 3.63) is 53.6 Å². The Kier molecular flexibility index (Phi) is 5.04. The Morgan fingerprint density at radius 1 is 1.20 bits per heavy atom. The molecule has 1 heterocycles. The predicted molar refractivity (Wildman–Crippen MR) is 98.0 cm³/mol. The fourth-order valence-corrected chi connectivity index (χ4v) is 3.27. The Balaban J connectivity index is 1.80. The number of nitrogens with one attached hydrogen (secondary N) is 3. The summed E-state index contributed by atoms with van der Waals surface area (Å²) in [5, 5.41) is 8.18. The lowest BCUT2D eigenvalue weighted by molar-refractivity contribution is -0.120. The van der Waals surface area contributed by atoms with Crippen molar-refractivity contribution in [3.8, 4) is 0 Å². The van der Waals surface area contributed by atoms with Gasteiger partial charge >= 0.3 is 0 Å². The van der Waals surface area contributed by atoms with E-state index in [0.29, 0.717) is 22.7 Å². The molecular formula is C18H17N3O3S. The standard InChI is InChI=1S/C18H17N3O3S/c1-19-16(22)9-11-4-2-3-5-13(11)21-18(24)12-6-7-15-14(8-12)20-17(23)10-25-15/h2-8H,9-10H2,1H3,(H,19,22)(H,20,23)(H,21,24). The van der Waals surface area contributed by atoms with Gasteiger partial charge in [-0.05, 0) is 29.8 Å². The van der Waals surface area contributed by atoms with Crippen molar-refractivity contribution in [2.45, 2.75) is 11.3 Å². The van der Waals surface area contributed by atoms with Gasteiger partial charge < -0.3 is 16.0 Å². The van der Waals surface area contributed by atoms with Crippen LogP contribution in [-0.2, 0) is 16.0 Å². The minimum atomic E-state index is -0.294. The SMILES string of the molecule is CNC(=O)Cc1ccccc1NC(=O)c1ccc2c(c1)NC(=O)CS2. The van der Waals surface area contributed by atoms with Crippen molar-refractivity contribution >= 4 is 40.9 Å². The molecule has 0 bridgehead atoms. The second-order valence-corrected chi connectivity index (χ2v) is 6.53. The van der Waals surface area contributed by atoms with E-state index in [9.17, 15) is 14.4 Å². The molecule has 3 N–H and O–H groups in total. The summed E-state index contributed by atoms with van der Waals surface area (Å²) in [7, 11) is 1.57. The van der Waals surface area contributed by atoms with E-state index in [1.54, 1.807) is 37.4 Å². The van der Waals surface area contributed by atoms with Crippen molar-refractivity contribution in [3.63, 3.8) is 0 Å². The zero-order valence-corrected chi connectivity index (χ0v) is 14.4. The van der Waals surface area contributed by atoms with Gasteiger partial charge in [0, 0.05) is 23.2 Å². The highest BCUT2D eigenvalue weighted by atomic mass is 32.2. The molecule has 2 aromatic carbocycles. The van der Waals surface area contributed by atoms with Gasteiger partial charge in [-0.1, -0.05) is 18.2 Å². The van der Waals surface area contributed by atoms with Gasteiger partial charge in [-0.2, -0.15) is 0 Å². The Labute approximate surface area is 149 Å². The van der Waals surface area contributed by atoms with E-state index in [0.717, 1.165) is 10.5 Å². The Bertz CT molecular complexity index is 851. The zero-order valence-electron chi connectivity index (χ0n) is 13.6. The van der Waals surface area contributed by atoms with E-state index in [1.165, 1.54) is 11.8 Å². The monoisotopic (exact) mass is 355 g/mol. The van der Waals surface area contributed by atoms with Crippen LogP contribution in [0.25, 0.3) is 0 Å². The summed E-state index contributed by atoms with van der Waals surface area (Å²) in [5.41, 5.74) is 2.41. The number of thioether (sulfide) groups is 1. The van der Waals surface area contributed by atoms with E-state index < -0.39 is 0 Å². The molecule has 25 heavy (non-hydrogen) atoms. The van der Waals surface area contributed by atoms with Crippen molar-refractivity contribution in [1.82, 2.24) is 5.32 Å². The first kappa shape index (κ1) is 17.0. The molecule has 0 radical (unpaired) electrons. The quantitative estimate of drug-likeness (QED) is 0.785. The summed E-state index contributed by atoms with van der Waals surface area (Å²) < 4.78 is 0. The molecule has 0 saturated carbocycles. The number of likely N-dealkylation sites (N-methyl/N-ethyl adjacent to an activating group) is 1. The second kappa shape index (κ2) is 7.40. The van der Waals surface area contributed by atoms with Crippen LogP contribution in [0, 0.1) is 0 Å². The fraction of sp³-hybridized carbons (Fsp3) is 0.167. The average Bonchev–Trinajstić information content (AvgIpc) is 2.62. The van der Waals surface area contributed by atoms with E-state index in [4.69, 9.17) is 0 Å². The third-order valence-corrected chi connectivity index (χ3v) is 4.84. The molecule has 0 fully saturated rings. The van der Waals surface area contributed by atoms with E-state index in [2.05, 4.69) is 16.0 Å². The number of para-hydroxylation sites is 1. The molecule has 6 nitrogen and oxygen atoms in total. The van der Waals surface area contributed by atoms with Gasteiger partial charge in [0.05, 0.1) is 17.9 Å². The van der Waals surface area contributed by atoms with Crippen molar-refractivity contribution < 1.29 is 14.4 Å². The number of anilines is 2. The highest BCUT2D eigenvalue weighted by Gasteiger charge is 2.18. The van der Waals surface area contributed by atoms with Crippen LogP contribution in [-0.4, -0.2) is 30.5 Å². The molecule has 0 unspecified atom stereocenters. The number of carbonyl (C=O) groups is 3. The largest absolute Gasteiger partial charge is 0.359 e. The molecule has 0 saturated heterocycles. The third-order valence-electron chi connectivity index (χ3n) is 3.77. The summed E-state index contributed by atoms with van der Waals surface area (Å²) in [6.07, 6.45) is 0.184. The minimum absolute atomic E-state index is 0.0778. The summed E-state index contributed by atoms with van der Waals surface area (Å²) in [6, 6.07) is 12.4. The molecule has 0 aliphatic carbocycles. The van der Waals surface area contributed by atoms with E-state index in [-0.39, 0.29) is 24.1 Å². The maximum Gasteiger partial charge on any atom is 0.255 e. The first-order valence-corrected chi connectivity index (χ1v) is 8.72. The average molecular weight is 355 g/mol. The number of fused-ring (bicyclic) bond motifs is 1. The third kappa shape index (κ3) is 4.00. The maximum atomic E-state index is 12.6. The zero-order chi connectivity index (χ0) is 17.8. The number of hydrogen-bond donors (Lipinski definition) is 3. The van der Waals surface area contributed by atoms with Crippen LogP contribution < -0.4 is 16.0 Å². The van der Waals surface area contributed by atoms with Crippen LogP contribution in [0.5, 0.6) is 0 Å². The van der Waals surface area contributed by atoms with Crippen molar-refractivity contribution in [1.29, 1.82) is 0 Å². The molecular weight excluding hydrogens is 338 g/mol. The molecule has 3 amide bonds. The van der Waals surface area contributed by atoms with Crippen LogP contribution in [0.2, 0.25) is 0 Å².